The van der Waals surface area contributed by atoms with Crippen molar-refractivity contribution >= 4 is 23.3 Å². The second kappa shape index (κ2) is 6.75. The van der Waals surface area contributed by atoms with Gasteiger partial charge >= 0.3 is 5.97 Å². The summed E-state index contributed by atoms with van der Waals surface area (Å²) in [6, 6.07) is 3.82. The molecule has 0 bridgehead atoms. The number of carboxylic acid groups (broad SMARTS) is 1. The third-order valence-corrected chi connectivity index (χ3v) is 2.66. The Morgan fingerprint density at radius 1 is 1.58 bits per heavy atom. The van der Waals surface area contributed by atoms with Gasteiger partial charge in [-0.05, 0) is 18.6 Å². The van der Waals surface area contributed by atoms with Crippen LogP contribution in [0.4, 0.5) is 5.69 Å². The molecular formula is C12H12ClNO5. The van der Waals surface area contributed by atoms with Gasteiger partial charge < -0.3 is 9.84 Å². The zero-order valence-electron chi connectivity index (χ0n) is 10.1. The van der Waals surface area contributed by atoms with Crippen LogP contribution in [0.2, 0.25) is 5.02 Å². The molecule has 0 heterocycles. The SMILES string of the molecule is CCC(=CCOc1cc([N+](=O)[O-])ccc1Cl)C(=O)O. The number of hydrogen-bond donors (Lipinski definition) is 1. The smallest absolute Gasteiger partial charge is 0.331 e. The summed E-state index contributed by atoms with van der Waals surface area (Å²) in [5, 5.41) is 19.6. The predicted molar refractivity (Wildman–Crippen MR) is 69.6 cm³/mol. The Kier molecular flexibility index (Phi) is 5.32. The van der Waals surface area contributed by atoms with Crippen molar-refractivity contribution in [1.82, 2.24) is 0 Å². The van der Waals surface area contributed by atoms with Gasteiger partial charge in [0.25, 0.3) is 5.69 Å². The van der Waals surface area contributed by atoms with Crippen LogP contribution in [-0.4, -0.2) is 22.6 Å². The Labute approximate surface area is 114 Å². The van der Waals surface area contributed by atoms with Crippen LogP contribution in [0.5, 0.6) is 5.75 Å². The van der Waals surface area contributed by atoms with E-state index < -0.39 is 10.9 Å². The lowest BCUT2D eigenvalue weighted by atomic mass is 10.2. The fourth-order valence-electron chi connectivity index (χ4n) is 1.33. The van der Waals surface area contributed by atoms with Gasteiger partial charge in [-0.15, -0.1) is 0 Å². The highest BCUT2D eigenvalue weighted by molar-refractivity contribution is 6.32. The monoisotopic (exact) mass is 285 g/mol. The largest absolute Gasteiger partial charge is 0.488 e. The molecule has 102 valence electrons. The van der Waals surface area contributed by atoms with Crippen LogP contribution in [0.3, 0.4) is 0 Å². The van der Waals surface area contributed by atoms with Crippen molar-refractivity contribution in [3.8, 4) is 5.75 Å². The first-order valence-corrected chi connectivity index (χ1v) is 5.82. The van der Waals surface area contributed by atoms with Gasteiger partial charge in [0, 0.05) is 11.6 Å². The lowest BCUT2D eigenvalue weighted by Gasteiger charge is -2.06. The Hall–Kier alpha value is -2.08. The molecule has 0 saturated heterocycles. The first-order valence-electron chi connectivity index (χ1n) is 5.44. The molecule has 0 aliphatic carbocycles. The summed E-state index contributed by atoms with van der Waals surface area (Å²) in [4.78, 5) is 20.8. The van der Waals surface area contributed by atoms with Crippen molar-refractivity contribution in [2.45, 2.75) is 13.3 Å². The topological polar surface area (TPSA) is 89.7 Å². The highest BCUT2D eigenvalue weighted by Gasteiger charge is 2.10. The molecule has 1 aromatic carbocycles. The lowest BCUT2D eigenvalue weighted by molar-refractivity contribution is -0.384. The number of carbonyl (C=O) groups is 1. The van der Waals surface area contributed by atoms with Crippen LogP contribution in [0.15, 0.2) is 29.8 Å². The quantitative estimate of drug-likeness (QED) is 0.493. The van der Waals surface area contributed by atoms with Crippen molar-refractivity contribution in [1.29, 1.82) is 0 Å². The first kappa shape index (κ1) is 15.0. The lowest BCUT2D eigenvalue weighted by Crippen LogP contribution is -2.03. The molecule has 0 radical (unpaired) electrons. The Balaban J connectivity index is 2.80. The molecule has 0 amide bonds. The molecule has 1 N–H and O–H groups in total. The summed E-state index contributed by atoms with van der Waals surface area (Å²) in [6.07, 6.45) is 1.76. The van der Waals surface area contributed by atoms with Crippen LogP contribution in [0.1, 0.15) is 13.3 Å². The number of non-ortho nitro benzene ring substituents is 1. The number of nitro benzene ring substituents is 1. The Morgan fingerprint density at radius 3 is 2.79 bits per heavy atom. The highest BCUT2D eigenvalue weighted by Crippen LogP contribution is 2.28. The molecule has 0 aliphatic heterocycles. The van der Waals surface area contributed by atoms with Gasteiger partial charge in [0.2, 0.25) is 0 Å². The number of nitro groups is 1. The minimum absolute atomic E-state index is 0.0175. The maximum absolute atomic E-state index is 10.7. The van der Waals surface area contributed by atoms with Crippen molar-refractivity contribution in [3.63, 3.8) is 0 Å². The molecule has 0 fully saturated rings. The Morgan fingerprint density at radius 2 is 2.26 bits per heavy atom. The van der Waals surface area contributed by atoms with E-state index in [9.17, 15) is 14.9 Å². The average molecular weight is 286 g/mol. The summed E-state index contributed by atoms with van der Waals surface area (Å²) >= 11 is 5.83. The fraction of sp³-hybridized carbons (Fsp3) is 0.250. The summed E-state index contributed by atoms with van der Waals surface area (Å²) in [5.74, 6) is -0.871. The van der Waals surface area contributed by atoms with Crippen molar-refractivity contribution in [3.05, 3.63) is 45.0 Å². The molecule has 0 saturated carbocycles. The number of ether oxygens (including phenoxy) is 1. The molecule has 19 heavy (non-hydrogen) atoms. The predicted octanol–water partition coefficient (Wildman–Crippen LogP) is 3.05. The van der Waals surface area contributed by atoms with E-state index in [4.69, 9.17) is 21.4 Å². The van der Waals surface area contributed by atoms with Crippen molar-refractivity contribution < 1.29 is 19.6 Å². The highest BCUT2D eigenvalue weighted by atomic mass is 35.5. The van der Waals surface area contributed by atoms with Crippen molar-refractivity contribution in [2.75, 3.05) is 6.61 Å². The van der Waals surface area contributed by atoms with E-state index in [1.807, 2.05) is 0 Å². The average Bonchev–Trinajstić information content (AvgIpc) is 2.35. The number of nitrogens with zero attached hydrogens (tertiary/aromatic N) is 1. The zero-order valence-corrected chi connectivity index (χ0v) is 10.9. The third-order valence-electron chi connectivity index (χ3n) is 2.35. The number of halogens is 1. The third kappa shape index (κ3) is 4.26. The molecule has 6 nitrogen and oxygen atoms in total. The number of aliphatic carboxylic acids is 1. The van der Waals surface area contributed by atoms with Crippen LogP contribution in [0.25, 0.3) is 0 Å². The van der Waals surface area contributed by atoms with E-state index in [2.05, 4.69) is 0 Å². The molecule has 1 aromatic rings. The second-order valence-corrected chi connectivity index (χ2v) is 3.98. The van der Waals surface area contributed by atoms with Gasteiger partial charge in [-0.25, -0.2) is 4.79 Å². The Bertz CT molecular complexity index is 527. The van der Waals surface area contributed by atoms with Crippen LogP contribution < -0.4 is 4.74 Å². The minimum Gasteiger partial charge on any atom is -0.488 e. The van der Waals surface area contributed by atoms with Crippen LogP contribution in [-0.2, 0) is 4.79 Å². The van der Waals surface area contributed by atoms with E-state index in [0.717, 1.165) is 0 Å². The molecule has 7 heteroatoms. The van der Waals surface area contributed by atoms with Crippen LogP contribution >= 0.6 is 11.6 Å². The van der Waals surface area contributed by atoms with Gasteiger partial charge in [-0.2, -0.15) is 0 Å². The molecule has 0 atom stereocenters. The molecule has 0 aliphatic rings. The summed E-state index contributed by atoms with van der Waals surface area (Å²) in [6.45, 7) is 1.69. The van der Waals surface area contributed by atoms with Gasteiger partial charge in [0.15, 0.2) is 0 Å². The van der Waals surface area contributed by atoms with Gasteiger partial charge in [-0.3, -0.25) is 10.1 Å². The molecule has 0 spiro atoms. The van der Waals surface area contributed by atoms with Gasteiger partial charge in [0.05, 0.1) is 16.0 Å². The molecule has 1 rings (SSSR count). The molecule has 0 unspecified atom stereocenters. The maximum atomic E-state index is 10.7. The molecular weight excluding hydrogens is 274 g/mol. The van der Waals surface area contributed by atoms with E-state index in [1.54, 1.807) is 6.92 Å². The second-order valence-electron chi connectivity index (χ2n) is 3.57. The number of benzene rings is 1. The van der Waals surface area contributed by atoms with Crippen LogP contribution in [0, 0.1) is 10.1 Å². The number of hydrogen-bond acceptors (Lipinski definition) is 4. The van der Waals surface area contributed by atoms with Crippen molar-refractivity contribution in [2.24, 2.45) is 0 Å². The summed E-state index contributed by atoms with van der Waals surface area (Å²) in [5.41, 5.74) is 0.0684. The van der Waals surface area contributed by atoms with E-state index >= 15 is 0 Å². The maximum Gasteiger partial charge on any atom is 0.331 e. The zero-order chi connectivity index (χ0) is 14.4. The van der Waals surface area contributed by atoms with Gasteiger partial charge in [-0.1, -0.05) is 18.5 Å². The first-order chi connectivity index (χ1) is 8.95. The number of rotatable bonds is 6. The summed E-state index contributed by atoms with van der Waals surface area (Å²) < 4.78 is 5.23. The van der Waals surface area contributed by atoms with E-state index in [-0.39, 0.29) is 28.6 Å². The van der Waals surface area contributed by atoms with Gasteiger partial charge in [0.1, 0.15) is 12.4 Å². The standard InChI is InChI=1S/C12H12ClNO5/c1-2-8(12(15)16)5-6-19-11-7-9(14(17)18)3-4-10(11)13/h3-5,7H,2,6H2,1H3,(H,15,16). The molecule has 0 aromatic heterocycles. The normalized spacial score (nSPS) is 11.2. The minimum atomic E-state index is -1.02. The fourth-order valence-corrected chi connectivity index (χ4v) is 1.50. The summed E-state index contributed by atoms with van der Waals surface area (Å²) in [7, 11) is 0. The van der Waals surface area contributed by atoms with E-state index in [0.29, 0.717) is 6.42 Å². The number of carboxylic acids is 1. The van der Waals surface area contributed by atoms with E-state index in [1.165, 1.54) is 24.3 Å².